The highest BCUT2D eigenvalue weighted by Gasteiger charge is 2.27. The molecule has 6 nitrogen and oxygen atoms in total. The summed E-state index contributed by atoms with van der Waals surface area (Å²) in [6.45, 7) is 0. The average Bonchev–Trinajstić information content (AvgIpc) is 4.02. The highest BCUT2D eigenvalue weighted by Crippen LogP contribution is 2.40. The molecule has 0 spiro atoms. The Bertz CT molecular complexity index is 4170. The summed E-state index contributed by atoms with van der Waals surface area (Å²) in [5.41, 5.74) is 11.1. The fourth-order valence-corrected chi connectivity index (χ4v) is 10.3. The van der Waals surface area contributed by atoms with Crippen molar-refractivity contribution in [1.82, 2.24) is 14.5 Å². The molecule has 0 amide bonds. The van der Waals surface area contributed by atoms with Gasteiger partial charge in [-0.3, -0.25) is 0 Å². The number of furan rings is 1. The zero-order valence-electron chi connectivity index (χ0n) is 35.0. The van der Waals surface area contributed by atoms with Crippen LogP contribution in [0.3, 0.4) is 0 Å². The van der Waals surface area contributed by atoms with Gasteiger partial charge in [0.2, 0.25) is 0 Å². The summed E-state index contributed by atoms with van der Waals surface area (Å²) in [5, 5.41) is 15.4. The Morgan fingerprint density at radius 2 is 1.05 bits per heavy atom. The summed E-state index contributed by atoms with van der Waals surface area (Å²) in [6, 6.07) is 75.7. The first-order chi connectivity index (χ1) is 32.2. The number of aliphatic imine (C=N–C) groups is 2. The van der Waals surface area contributed by atoms with E-state index in [0.29, 0.717) is 5.84 Å². The van der Waals surface area contributed by atoms with Crippen LogP contribution >= 0.6 is 0 Å². The molecule has 3 aromatic heterocycles. The van der Waals surface area contributed by atoms with Crippen LogP contribution in [0.4, 0.5) is 0 Å². The monoisotopic (exact) mass is 831 g/mol. The molecule has 1 unspecified atom stereocenters. The van der Waals surface area contributed by atoms with E-state index in [9.17, 15) is 0 Å². The van der Waals surface area contributed by atoms with E-state index in [1.54, 1.807) is 0 Å². The van der Waals surface area contributed by atoms with Crippen molar-refractivity contribution >= 4 is 98.8 Å². The quantitative estimate of drug-likeness (QED) is 0.188. The third kappa shape index (κ3) is 5.54. The number of fused-ring (bicyclic) bond motifs is 11. The predicted molar refractivity (Wildman–Crippen MR) is 269 cm³/mol. The van der Waals surface area contributed by atoms with Gasteiger partial charge in [0.15, 0.2) is 5.84 Å². The molecule has 0 radical (unpaired) electrons. The maximum absolute atomic E-state index is 6.66. The summed E-state index contributed by atoms with van der Waals surface area (Å²) in [5.74, 6) is 1.38. The van der Waals surface area contributed by atoms with E-state index in [1.165, 1.54) is 37.7 Å². The van der Waals surface area contributed by atoms with Crippen LogP contribution < -0.4 is 5.32 Å². The van der Waals surface area contributed by atoms with E-state index >= 15 is 0 Å². The van der Waals surface area contributed by atoms with Crippen LogP contribution in [-0.2, 0) is 0 Å². The van der Waals surface area contributed by atoms with Gasteiger partial charge in [0.1, 0.15) is 23.2 Å². The average molecular weight is 832 g/mol. The van der Waals surface area contributed by atoms with Crippen LogP contribution in [0.5, 0.6) is 0 Å². The van der Waals surface area contributed by atoms with Crippen LogP contribution in [0, 0.1) is 0 Å². The molecule has 6 heteroatoms. The second-order valence-electron chi connectivity index (χ2n) is 17.0. The number of hydrogen-bond donors (Lipinski definition) is 1. The fraction of sp³-hybridized carbons (Fsp3) is 0.0169. The van der Waals surface area contributed by atoms with E-state index < -0.39 is 6.17 Å². The Hall–Kier alpha value is -8.74. The van der Waals surface area contributed by atoms with E-state index in [0.717, 1.165) is 83.3 Å². The summed E-state index contributed by atoms with van der Waals surface area (Å²) < 4.78 is 11.4. The SMILES string of the molecule is c1ccc(-n2c3ccccc3c3ccc(C4=NC(c5ccc6ccccc6c5)NC(c5cc6c(cc5-n5c7ccccc7c7cc8ccccc8cc75)oc5ccccc56)=N4)cc32)cc1. The highest BCUT2D eigenvalue weighted by atomic mass is 16.3. The minimum atomic E-state index is -0.440. The third-order valence-electron chi connectivity index (χ3n) is 13.3. The van der Waals surface area contributed by atoms with Crippen molar-refractivity contribution in [3.63, 3.8) is 0 Å². The molecule has 0 bridgehead atoms. The molecule has 1 aliphatic heterocycles. The summed E-state index contributed by atoms with van der Waals surface area (Å²) in [7, 11) is 0. The van der Waals surface area contributed by atoms with Gasteiger partial charge in [-0.2, -0.15) is 0 Å². The molecule has 10 aromatic carbocycles. The Morgan fingerprint density at radius 3 is 1.86 bits per heavy atom. The van der Waals surface area contributed by atoms with Crippen molar-refractivity contribution < 1.29 is 4.42 Å². The molecule has 1 N–H and O–H groups in total. The molecule has 0 saturated heterocycles. The normalized spacial score (nSPS) is 14.3. The van der Waals surface area contributed by atoms with Gasteiger partial charge in [-0.05, 0) is 87.8 Å². The van der Waals surface area contributed by atoms with Crippen LogP contribution in [0.15, 0.2) is 227 Å². The number of aromatic nitrogens is 2. The molecule has 4 heterocycles. The lowest BCUT2D eigenvalue weighted by Crippen LogP contribution is -2.34. The maximum Gasteiger partial charge on any atom is 0.159 e. The van der Waals surface area contributed by atoms with Gasteiger partial charge in [-0.15, -0.1) is 0 Å². The van der Waals surface area contributed by atoms with Gasteiger partial charge in [0.25, 0.3) is 0 Å². The first-order valence-corrected chi connectivity index (χ1v) is 22.1. The van der Waals surface area contributed by atoms with Crippen LogP contribution in [-0.4, -0.2) is 20.8 Å². The topological polar surface area (TPSA) is 59.8 Å². The minimum Gasteiger partial charge on any atom is -0.456 e. The third-order valence-corrected chi connectivity index (χ3v) is 13.3. The van der Waals surface area contributed by atoms with Crippen LogP contribution in [0.25, 0.3) is 98.5 Å². The van der Waals surface area contributed by atoms with Gasteiger partial charge in [0.05, 0.1) is 27.8 Å². The van der Waals surface area contributed by atoms with E-state index in [4.69, 9.17) is 14.4 Å². The fourth-order valence-electron chi connectivity index (χ4n) is 10.3. The zero-order valence-corrected chi connectivity index (χ0v) is 35.0. The lowest BCUT2D eigenvalue weighted by Gasteiger charge is -2.25. The van der Waals surface area contributed by atoms with Crippen molar-refractivity contribution in [1.29, 1.82) is 0 Å². The molecule has 13 aromatic rings. The largest absolute Gasteiger partial charge is 0.456 e. The minimum absolute atomic E-state index is 0.440. The number of nitrogens with one attached hydrogen (secondary N) is 1. The van der Waals surface area contributed by atoms with Crippen molar-refractivity contribution in [3.05, 3.63) is 229 Å². The zero-order chi connectivity index (χ0) is 42.6. The molecular weight excluding hydrogens is 795 g/mol. The van der Waals surface area contributed by atoms with Crippen molar-refractivity contribution in [3.8, 4) is 11.4 Å². The van der Waals surface area contributed by atoms with Gasteiger partial charge >= 0.3 is 0 Å². The van der Waals surface area contributed by atoms with Crippen molar-refractivity contribution in [2.75, 3.05) is 0 Å². The lowest BCUT2D eigenvalue weighted by molar-refractivity contribution is 0.668. The number of rotatable bonds is 5. The molecule has 0 saturated carbocycles. The molecular formula is C59H37N5O. The Balaban J connectivity index is 1.05. The first kappa shape index (κ1) is 35.8. The molecule has 65 heavy (non-hydrogen) atoms. The second-order valence-corrected chi connectivity index (χ2v) is 17.0. The van der Waals surface area contributed by atoms with Crippen LogP contribution in [0.2, 0.25) is 0 Å². The van der Waals surface area contributed by atoms with Gasteiger partial charge in [-0.25, -0.2) is 9.98 Å². The van der Waals surface area contributed by atoms with E-state index in [2.05, 4.69) is 215 Å². The standard InChI is InChI=1S/C59H37N5O/c1-2-18-42(19-3-1)63-50-23-11-8-20-43(50)45-29-28-41(33-52(45)63)58-60-57(40-27-26-36-14-4-5-15-37(36)30-40)61-59(62-58)49-34-48-46-22-10-13-25-55(46)65-56(48)35-54(49)64-51-24-12-9-21-44(51)47-31-38-16-6-7-17-39(38)32-53(47)64/h1-35,57H,(H,60,61,62). The second kappa shape index (κ2) is 13.9. The number of benzene rings is 10. The van der Waals surface area contributed by atoms with Crippen molar-refractivity contribution in [2.24, 2.45) is 9.98 Å². The van der Waals surface area contributed by atoms with Crippen LogP contribution in [0.1, 0.15) is 22.9 Å². The highest BCUT2D eigenvalue weighted by molar-refractivity contribution is 6.20. The summed E-state index contributed by atoms with van der Waals surface area (Å²) in [4.78, 5) is 11.1. The molecule has 1 atom stereocenters. The summed E-state index contributed by atoms with van der Waals surface area (Å²) >= 11 is 0. The van der Waals surface area contributed by atoms with E-state index in [1.807, 2.05) is 12.1 Å². The number of para-hydroxylation sites is 4. The van der Waals surface area contributed by atoms with Gasteiger partial charge in [-0.1, -0.05) is 146 Å². The van der Waals surface area contributed by atoms with Gasteiger partial charge in [0, 0.05) is 55.2 Å². The predicted octanol–water partition coefficient (Wildman–Crippen LogP) is 14.6. The molecule has 0 fully saturated rings. The molecule has 304 valence electrons. The van der Waals surface area contributed by atoms with Crippen molar-refractivity contribution in [2.45, 2.75) is 6.17 Å². The number of hydrogen-bond acceptors (Lipinski definition) is 4. The van der Waals surface area contributed by atoms with E-state index in [-0.39, 0.29) is 0 Å². The Morgan fingerprint density at radius 1 is 0.415 bits per heavy atom. The summed E-state index contributed by atoms with van der Waals surface area (Å²) in [6.07, 6.45) is -0.440. The van der Waals surface area contributed by atoms with Gasteiger partial charge < -0.3 is 18.9 Å². The first-order valence-electron chi connectivity index (χ1n) is 22.1. The number of nitrogens with zero attached hydrogens (tertiary/aromatic N) is 4. The number of amidine groups is 2. The Labute approximate surface area is 372 Å². The molecule has 0 aliphatic carbocycles. The smallest absolute Gasteiger partial charge is 0.159 e. The maximum atomic E-state index is 6.66. The molecule has 14 rings (SSSR count). The Kier molecular flexibility index (Phi) is 7.65. The molecule has 1 aliphatic rings. The lowest BCUT2D eigenvalue weighted by atomic mass is 10.0.